The highest BCUT2D eigenvalue weighted by atomic mass is 16.7. The molecular weight excluding hydrogens is 182 g/mol. The van der Waals surface area contributed by atoms with Crippen LogP contribution < -0.4 is 14.4 Å². The molecule has 2 rings (SSSR count). The predicted molar refractivity (Wildman–Crippen MR) is 52.3 cm³/mol. The Kier molecular flexibility index (Phi) is 2.04. The molecule has 1 heterocycles. The number of benzene rings is 1. The Morgan fingerprint density at radius 2 is 2.14 bits per heavy atom. The van der Waals surface area contributed by atoms with Gasteiger partial charge in [-0.2, -0.15) is 0 Å². The van der Waals surface area contributed by atoms with Gasteiger partial charge in [-0.25, -0.2) is 0 Å². The van der Waals surface area contributed by atoms with Crippen molar-refractivity contribution in [3.8, 4) is 11.5 Å². The molecule has 0 unspecified atom stereocenters. The molecule has 74 valence electrons. The van der Waals surface area contributed by atoms with Gasteiger partial charge in [-0.3, -0.25) is 4.79 Å². The van der Waals surface area contributed by atoms with Crippen molar-refractivity contribution in [2.24, 2.45) is 0 Å². The minimum atomic E-state index is 0.188. The lowest BCUT2D eigenvalue weighted by Crippen LogP contribution is -2.08. The van der Waals surface area contributed by atoms with Gasteiger partial charge in [0.2, 0.25) is 6.79 Å². The van der Waals surface area contributed by atoms with E-state index in [0.29, 0.717) is 17.1 Å². The molecule has 0 bridgehead atoms. The summed E-state index contributed by atoms with van der Waals surface area (Å²) in [4.78, 5) is 12.7. The highest BCUT2D eigenvalue weighted by molar-refractivity contribution is 5.84. The first-order valence-electron chi connectivity index (χ1n) is 4.28. The minimum Gasteiger partial charge on any atom is -0.453 e. The summed E-state index contributed by atoms with van der Waals surface area (Å²) in [6.45, 7) is 0.188. The van der Waals surface area contributed by atoms with Crippen molar-refractivity contribution in [3.05, 3.63) is 17.7 Å². The van der Waals surface area contributed by atoms with Crippen LogP contribution in [0.4, 0.5) is 5.69 Å². The van der Waals surface area contributed by atoms with Gasteiger partial charge in [0.05, 0.1) is 5.56 Å². The van der Waals surface area contributed by atoms with E-state index in [2.05, 4.69) is 0 Å². The van der Waals surface area contributed by atoms with E-state index in [1.165, 1.54) is 0 Å². The van der Waals surface area contributed by atoms with E-state index in [4.69, 9.17) is 9.47 Å². The minimum absolute atomic E-state index is 0.188. The number of carbonyl (C=O) groups excluding carboxylic acids is 1. The standard InChI is InChI=1S/C10H11NO3/c1-11(2)8-3-7(5-12)10-9(4-8)13-6-14-10/h3-5H,6H2,1-2H3. The summed E-state index contributed by atoms with van der Waals surface area (Å²) >= 11 is 0. The second kappa shape index (κ2) is 3.21. The Hall–Kier alpha value is -1.71. The van der Waals surface area contributed by atoms with Crippen molar-refractivity contribution < 1.29 is 14.3 Å². The average Bonchev–Trinajstić information content (AvgIpc) is 2.63. The molecule has 0 aliphatic carbocycles. The number of anilines is 1. The van der Waals surface area contributed by atoms with Crippen LogP contribution in [0.2, 0.25) is 0 Å². The molecule has 4 nitrogen and oxygen atoms in total. The molecule has 0 aromatic heterocycles. The molecule has 0 saturated heterocycles. The van der Waals surface area contributed by atoms with Crippen molar-refractivity contribution in [2.75, 3.05) is 25.8 Å². The van der Waals surface area contributed by atoms with E-state index in [0.717, 1.165) is 12.0 Å². The summed E-state index contributed by atoms with van der Waals surface area (Å²) in [6, 6.07) is 3.63. The summed E-state index contributed by atoms with van der Waals surface area (Å²) in [5, 5.41) is 0. The molecule has 14 heavy (non-hydrogen) atoms. The van der Waals surface area contributed by atoms with Crippen LogP contribution in [-0.2, 0) is 0 Å². The molecule has 1 aromatic rings. The van der Waals surface area contributed by atoms with Gasteiger partial charge in [0.1, 0.15) is 0 Å². The number of rotatable bonds is 2. The van der Waals surface area contributed by atoms with Gasteiger partial charge >= 0.3 is 0 Å². The molecule has 0 spiro atoms. The van der Waals surface area contributed by atoms with Gasteiger partial charge in [0.25, 0.3) is 0 Å². The second-order valence-corrected chi connectivity index (χ2v) is 3.28. The quantitative estimate of drug-likeness (QED) is 0.663. The summed E-state index contributed by atoms with van der Waals surface area (Å²) < 4.78 is 10.4. The van der Waals surface area contributed by atoms with E-state index < -0.39 is 0 Å². The topological polar surface area (TPSA) is 38.8 Å². The Morgan fingerprint density at radius 3 is 2.79 bits per heavy atom. The Balaban J connectivity index is 2.54. The van der Waals surface area contributed by atoms with Crippen molar-refractivity contribution in [1.82, 2.24) is 0 Å². The number of ether oxygens (including phenoxy) is 2. The van der Waals surface area contributed by atoms with Crippen LogP contribution in [0.15, 0.2) is 12.1 Å². The summed E-state index contributed by atoms with van der Waals surface area (Å²) in [5.74, 6) is 1.18. The van der Waals surface area contributed by atoms with Crippen LogP contribution >= 0.6 is 0 Å². The number of carbonyl (C=O) groups is 1. The first-order chi connectivity index (χ1) is 6.72. The van der Waals surface area contributed by atoms with E-state index in [1.54, 1.807) is 6.07 Å². The summed E-state index contributed by atoms with van der Waals surface area (Å²) in [6.07, 6.45) is 0.778. The average molecular weight is 193 g/mol. The third-order valence-corrected chi connectivity index (χ3v) is 2.13. The van der Waals surface area contributed by atoms with Crippen LogP contribution in [0, 0.1) is 0 Å². The monoisotopic (exact) mass is 193 g/mol. The Morgan fingerprint density at radius 1 is 1.36 bits per heavy atom. The van der Waals surface area contributed by atoms with E-state index in [-0.39, 0.29) is 6.79 Å². The van der Waals surface area contributed by atoms with E-state index in [1.807, 2.05) is 25.1 Å². The molecule has 1 aliphatic heterocycles. The zero-order valence-electron chi connectivity index (χ0n) is 8.11. The fourth-order valence-corrected chi connectivity index (χ4v) is 1.37. The largest absolute Gasteiger partial charge is 0.453 e. The molecule has 1 aliphatic rings. The van der Waals surface area contributed by atoms with Crippen LogP contribution in [-0.4, -0.2) is 27.2 Å². The molecule has 0 amide bonds. The fourth-order valence-electron chi connectivity index (χ4n) is 1.37. The fraction of sp³-hybridized carbons (Fsp3) is 0.300. The van der Waals surface area contributed by atoms with Crippen molar-refractivity contribution >= 4 is 12.0 Å². The van der Waals surface area contributed by atoms with E-state index >= 15 is 0 Å². The highest BCUT2D eigenvalue weighted by Crippen LogP contribution is 2.38. The lowest BCUT2D eigenvalue weighted by atomic mass is 10.1. The predicted octanol–water partition coefficient (Wildman–Crippen LogP) is 1.29. The van der Waals surface area contributed by atoms with Crippen molar-refractivity contribution in [3.63, 3.8) is 0 Å². The van der Waals surface area contributed by atoms with Crippen LogP contribution in [0.3, 0.4) is 0 Å². The molecular formula is C10H11NO3. The summed E-state index contributed by atoms with van der Waals surface area (Å²) in [7, 11) is 3.82. The molecule has 0 fully saturated rings. The van der Waals surface area contributed by atoms with Gasteiger partial charge in [-0.05, 0) is 6.07 Å². The van der Waals surface area contributed by atoms with Gasteiger partial charge in [0, 0.05) is 25.8 Å². The zero-order valence-corrected chi connectivity index (χ0v) is 8.11. The van der Waals surface area contributed by atoms with E-state index in [9.17, 15) is 4.79 Å². The summed E-state index contributed by atoms with van der Waals surface area (Å²) in [5.41, 5.74) is 1.46. The van der Waals surface area contributed by atoms with Crippen molar-refractivity contribution in [2.45, 2.75) is 0 Å². The van der Waals surface area contributed by atoms with Gasteiger partial charge < -0.3 is 14.4 Å². The Labute approximate surface area is 82.0 Å². The van der Waals surface area contributed by atoms with Crippen LogP contribution in [0.5, 0.6) is 11.5 Å². The highest BCUT2D eigenvalue weighted by Gasteiger charge is 2.19. The van der Waals surface area contributed by atoms with Gasteiger partial charge in [-0.1, -0.05) is 0 Å². The third kappa shape index (κ3) is 1.28. The maximum Gasteiger partial charge on any atom is 0.231 e. The maximum atomic E-state index is 10.8. The SMILES string of the molecule is CN(C)c1cc(C=O)c2c(c1)OCO2. The number of hydrogen-bond donors (Lipinski definition) is 0. The maximum absolute atomic E-state index is 10.8. The smallest absolute Gasteiger partial charge is 0.231 e. The number of aldehydes is 1. The third-order valence-electron chi connectivity index (χ3n) is 2.13. The van der Waals surface area contributed by atoms with Crippen molar-refractivity contribution in [1.29, 1.82) is 0 Å². The van der Waals surface area contributed by atoms with Crippen LogP contribution in [0.1, 0.15) is 10.4 Å². The lowest BCUT2D eigenvalue weighted by molar-refractivity contribution is 0.111. The van der Waals surface area contributed by atoms with Gasteiger partial charge in [0.15, 0.2) is 17.8 Å². The number of fused-ring (bicyclic) bond motifs is 1. The molecule has 0 saturated carbocycles. The Bertz CT molecular complexity index is 374. The molecule has 1 aromatic carbocycles. The molecule has 0 atom stereocenters. The zero-order chi connectivity index (χ0) is 10.1. The first-order valence-corrected chi connectivity index (χ1v) is 4.28. The number of nitrogens with zero attached hydrogens (tertiary/aromatic N) is 1. The first kappa shape index (κ1) is 8.87. The molecule has 4 heteroatoms. The molecule has 0 N–H and O–H groups in total. The number of hydrogen-bond acceptors (Lipinski definition) is 4. The van der Waals surface area contributed by atoms with Crippen LogP contribution in [0.25, 0.3) is 0 Å². The van der Waals surface area contributed by atoms with Gasteiger partial charge in [-0.15, -0.1) is 0 Å². The lowest BCUT2D eigenvalue weighted by Gasteiger charge is -2.13. The second-order valence-electron chi connectivity index (χ2n) is 3.28. The molecule has 0 radical (unpaired) electrons. The normalized spacial score (nSPS) is 12.7.